The van der Waals surface area contributed by atoms with E-state index in [1.165, 1.54) is 0 Å². The third-order valence-corrected chi connectivity index (χ3v) is 3.27. The second-order valence-electron chi connectivity index (χ2n) is 5.73. The Hall–Kier alpha value is -1.02. The van der Waals surface area contributed by atoms with Gasteiger partial charge in [0.1, 0.15) is 6.54 Å². The van der Waals surface area contributed by atoms with Gasteiger partial charge in [0.15, 0.2) is 0 Å². The van der Waals surface area contributed by atoms with Crippen LogP contribution in [0.15, 0.2) is 6.20 Å². The lowest BCUT2D eigenvalue weighted by atomic mass is 10.3. The number of methoxy groups -OCH3 is 1. The smallest absolute Gasteiger partial charge is 0.102 e. The standard InChI is InChI=1S/C14H29N4O3/c1-17-13-14(15-16-17)5-6-18(2,3)7-8-20-11-12-21-10-9-19-4/h13H,5-12H2,1-4H3/q+1. The minimum Gasteiger partial charge on any atom is -0.382 e. The van der Waals surface area contributed by atoms with Gasteiger partial charge in [-0.15, -0.1) is 5.10 Å². The van der Waals surface area contributed by atoms with Gasteiger partial charge in [0.25, 0.3) is 0 Å². The topological polar surface area (TPSA) is 58.4 Å². The Labute approximate surface area is 127 Å². The number of hydrogen-bond acceptors (Lipinski definition) is 5. The van der Waals surface area contributed by atoms with Gasteiger partial charge in [-0.2, -0.15) is 0 Å². The number of ether oxygens (including phenoxy) is 3. The van der Waals surface area contributed by atoms with Crippen molar-refractivity contribution in [1.82, 2.24) is 15.0 Å². The lowest BCUT2D eigenvalue weighted by Gasteiger charge is -2.29. The van der Waals surface area contributed by atoms with Crippen LogP contribution in [0.5, 0.6) is 0 Å². The summed E-state index contributed by atoms with van der Waals surface area (Å²) in [5, 5.41) is 8.06. The average molecular weight is 301 g/mol. The first-order valence-corrected chi connectivity index (χ1v) is 7.35. The van der Waals surface area contributed by atoms with Crippen molar-refractivity contribution in [3.05, 3.63) is 11.9 Å². The molecule has 1 heterocycles. The molecule has 0 aliphatic rings. The molecule has 0 aliphatic carbocycles. The molecule has 0 saturated carbocycles. The highest BCUT2D eigenvalue weighted by atomic mass is 16.5. The van der Waals surface area contributed by atoms with Gasteiger partial charge in [0.05, 0.1) is 59.4 Å². The Morgan fingerprint density at radius 1 is 1.05 bits per heavy atom. The van der Waals surface area contributed by atoms with E-state index in [1.807, 2.05) is 13.2 Å². The molecular weight excluding hydrogens is 272 g/mol. The highest BCUT2D eigenvalue weighted by molar-refractivity contribution is 4.91. The molecule has 122 valence electrons. The van der Waals surface area contributed by atoms with Crippen LogP contribution in [0, 0.1) is 0 Å². The monoisotopic (exact) mass is 301 g/mol. The Morgan fingerprint density at radius 3 is 2.33 bits per heavy atom. The van der Waals surface area contributed by atoms with Gasteiger partial charge in [-0.05, 0) is 0 Å². The fourth-order valence-electron chi connectivity index (χ4n) is 1.81. The summed E-state index contributed by atoms with van der Waals surface area (Å²) in [6.45, 7) is 5.24. The maximum atomic E-state index is 5.59. The lowest BCUT2D eigenvalue weighted by molar-refractivity contribution is -0.890. The molecular formula is C14H29N4O3+. The van der Waals surface area contributed by atoms with E-state index in [4.69, 9.17) is 14.2 Å². The molecule has 0 aromatic carbocycles. The van der Waals surface area contributed by atoms with Crippen LogP contribution in [-0.4, -0.2) is 86.8 Å². The average Bonchev–Trinajstić information content (AvgIpc) is 2.85. The summed E-state index contributed by atoms with van der Waals surface area (Å²) in [5.41, 5.74) is 1.04. The van der Waals surface area contributed by atoms with Crippen molar-refractivity contribution in [2.45, 2.75) is 6.42 Å². The Kier molecular flexibility index (Phi) is 8.44. The van der Waals surface area contributed by atoms with Gasteiger partial charge in [-0.3, -0.25) is 4.68 Å². The first kappa shape index (κ1) is 18.0. The molecule has 0 atom stereocenters. The summed E-state index contributed by atoms with van der Waals surface area (Å²) >= 11 is 0. The molecule has 7 heteroatoms. The molecule has 0 saturated heterocycles. The summed E-state index contributed by atoms with van der Waals surface area (Å²) in [6, 6.07) is 0. The van der Waals surface area contributed by atoms with Crippen LogP contribution in [-0.2, 0) is 27.7 Å². The fourth-order valence-corrected chi connectivity index (χ4v) is 1.81. The van der Waals surface area contributed by atoms with Crippen molar-refractivity contribution in [2.24, 2.45) is 7.05 Å². The third-order valence-electron chi connectivity index (χ3n) is 3.27. The van der Waals surface area contributed by atoms with Crippen LogP contribution >= 0.6 is 0 Å². The zero-order valence-corrected chi connectivity index (χ0v) is 13.7. The molecule has 1 rings (SSSR count). The van der Waals surface area contributed by atoms with Crippen molar-refractivity contribution in [2.75, 3.05) is 67.3 Å². The molecule has 0 bridgehead atoms. The summed E-state index contributed by atoms with van der Waals surface area (Å²) in [6.07, 6.45) is 2.90. The van der Waals surface area contributed by atoms with Gasteiger partial charge in [-0.1, -0.05) is 5.21 Å². The van der Waals surface area contributed by atoms with Gasteiger partial charge in [0.2, 0.25) is 0 Å². The van der Waals surface area contributed by atoms with E-state index < -0.39 is 0 Å². The summed E-state index contributed by atoms with van der Waals surface area (Å²) in [5.74, 6) is 0. The number of hydrogen-bond donors (Lipinski definition) is 0. The predicted molar refractivity (Wildman–Crippen MR) is 80.1 cm³/mol. The van der Waals surface area contributed by atoms with Gasteiger partial charge in [0, 0.05) is 26.8 Å². The van der Waals surface area contributed by atoms with E-state index in [0.29, 0.717) is 26.4 Å². The molecule has 0 unspecified atom stereocenters. The Morgan fingerprint density at radius 2 is 1.71 bits per heavy atom. The molecule has 0 fully saturated rings. The van der Waals surface area contributed by atoms with Crippen LogP contribution in [0.1, 0.15) is 5.69 Å². The first-order valence-electron chi connectivity index (χ1n) is 7.35. The zero-order valence-electron chi connectivity index (χ0n) is 13.7. The van der Waals surface area contributed by atoms with E-state index >= 15 is 0 Å². The molecule has 1 aromatic rings. The molecule has 0 N–H and O–H groups in total. The highest BCUT2D eigenvalue weighted by Crippen LogP contribution is 2.02. The lowest BCUT2D eigenvalue weighted by Crippen LogP contribution is -2.44. The fraction of sp³-hybridized carbons (Fsp3) is 0.857. The van der Waals surface area contributed by atoms with Crippen molar-refractivity contribution in [3.8, 4) is 0 Å². The minimum atomic E-state index is 0.621. The maximum Gasteiger partial charge on any atom is 0.102 e. The molecule has 0 spiro atoms. The van der Waals surface area contributed by atoms with E-state index in [2.05, 4.69) is 24.4 Å². The van der Waals surface area contributed by atoms with E-state index in [0.717, 1.165) is 36.3 Å². The minimum absolute atomic E-state index is 0.621. The van der Waals surface area contributed by atoms with Gasteiger partial charge < -0.3 is 18.7 Å². The second-order valence-corrected chi connectivity index (χ2v) is 5.73. The van der Waals surface area contributed by atoms with Crippen LogP contribution < -0.4 is 0 Å². The largest absolute Gasteiger partial charge is 0.382 e. The quantitative estimate of drug-likeness (QED) is 0.405. The molecule has 0 amide bonds. The van der Waals surface area contributed by atoms with Gasteiger partial charge in [-0.25, -0.2) is 0 Å². The van der Waals surface area contributed by atoms with Crippen molar-refractivity contribution in [3.63, 3.8) is 0 Å². The Balaban J connectivity index is 2.04. The van der Waals surface area contributed by atoms with E-state index in [-0.39, 0.29) is 0 Å². The molecule has 7 nitrogen and oxygen atoms in total. The summed E-state index contributed by atoms with van der Waals surface area (Å²) in [7, 11) is 7.96. The maximum absolute atomic E-state index is 5.59. The Bertz CT molecular complexity index is 382. The molecule has 0 radical (unpaired) electrons. The number of rotatable bonds is 12. The normalized spacial score (nSPS) is 12.0. The van der Waals surface area contributed by atoms with Crippen molar-refractivity contribution in [1.29, 1.82) is 0 Å². The molecule has 1 aromatic heterocycles. The third kappa shape index (κ3) is 8.77. The van der Waals surface area contributed by atoms with Crippen molar-refractivity contribution >= 4 is 0 Å². The van der Waals surface area contributed by atoms with Crippen LogP contribution in [0.2, 0.25) is 0 Å². The number of nitrogens with zero attached hydrogens (tertiary/aromatic N) is 4. The van der Waals surface area contributed by atoms with Crippen LogP contribution in [0.25, 0.3) is 0 Å². The van der Waals surface area contributed by atoms with E-state index in [9.17, 15) is 0 Å². The van der Waals surface area contributed by atoms with Gasteiger partial charge >= 0.3 is 0 Å². The summed E-state index contributed by atoms with van der Waals surface area (Å²) in [4.78, 5) is 0. The van der Waals surface area contributed by atoms with Crippen molar-refractivity contribution < 1.29 is 18.7 Å². The second kappa shape index (κ2) is 9.83. The van der Waals surface area contributed by atoms with Crippen LogP contribution in [0.3, 0.4) is 0 Å². The summed E-state index contributed by atoms with van der Waals surface area (Å²) < 4.78 is 18.5. The number of aryl methyl sites for hydroxylation is 1. The SMILES string of the molecule is COCCOCCOCC[N+](C)(C)CCc1cn(C)nn1. The van der Waals surface area contributed by atoms with Crippen LogP contribution in [0.4, 0.5) is 0 Å². The first-order chi connectivity index (χ1) is 10.0. The predicted octanol–water partition coefficient (Wildman–Crippen LogP) is 0.114. The number of aromatic nitrogens is 3. The molecule has 0 aliphatic heterocycles. The zero-order chi connectivity index (χ0) is 15.6. The highest BCUT2D eigenvalue weighted by Gasteiger charge is 2.15. The van der Waals surface area contributed by atoms with E-state index in [1.54, 1.807) is 11.8 Å². The molecule has 21 heavy (non-hydrogen) atoms. The number of quaternary nitrogens is 1. The number of likely N-dealkylation sites (N-methyl/N-ethyl adjacent to an activating group) is 1.